The number of halogens is 3. The molecule has 0 unspecified atom stereocenters. The van der Waals surface area contributed by atoms with Crippen LogP contribution in [0.1, 0.15) is 4.88 Å². The van der Waals surface area contributed by atoms with Gasteiger partial charge < -0.3 is 10.8 Å². The van der Waals surface area contributed by atoms with Gasteiger partial charge in [0.25, 0.3) is 0 Å². The summed E-state index contributed by atoms with van der Waals surface area (Å²) in [6.07, 6.45) is -1.38. The van der Waals surface area contributed by atoms with Crippen molar-refractivity contribution in [3.63, 3.8) is 0 Å². The third kappa shape index (κ3) is 4.63. The zero-order valence-corrected chi connectivity index (χ0v) is 11.1. The molecule has 0 aliphatic heterocycles. The lowest BCUT2D eigenvalue weighted by Crippen LogP contribution is -2.21. The number of aromatic nitrogens is 3. The first-order chi connectivity index (χ1) is 9.24. The van der Waals surface area contributed by atoms with Crippen molar-refractivity contribution in [3.8, 4) is 10.7 Å². The van der Waals surface area contributed by atoms with E-state index in [9.17, 15) is 13.2 Å². The third-order valence-electron chi connectivity index (χ3n) is 1.93. The molecule has 0 bridgehead atoms. The highest BCUT2D eigenvalue weighted by molar-refractivity contribution is 7.14. The molecule has 2 heterocycles. The number of nitrogens with zero attached hydrogens (tertiary/aromatic N) is 3. The molecule has 6 nitrogen and oxygen atoms in total. The van der Waals surface area contributed by atoms with Crippen LogP contribution in [0.15, 0.2) is 18.5 Å². The topological polar surface area (TPSA) is 94.0 Å². The van der Waals surface area contributed by atoms with Crippen LogP contribution < -0.4 is 5.73 Å². The molecule has 2 aromatic rings. The lowest BCUT2D eigenvalue weighted by molar-refractivity contribution is -0.192. The van der Waals surface area contributed by atoms with Crippen LogP contribution in [0, 0.1) is 0 Å². The minimum atomic E-state index is -5.08. The third-order valence-corrected chi connectivity index (χ3v) is 2.97. The van der Waals surface area contributed by atoms with Crippen molar-refractivity contribution < 1.29 is 23.1 Å². The average molecular weight is 308 g/mol. The summed E-state index contributed by atoms with van der Waals surface area (Å²) in [4.78, 5) is 14.2. The number of aryl methyl sites for hydroxylation is 1. The number of hydrogen-bond acceptors (Lipinski definition) is 5. The number of aliphatic carboxylic acids is 1. The minimum Gasteiger partial charge on any atom is -0.475 e. The Hall–Kier alpha value is -1.94. The Labute approximate surface area is 115 Å². The van der Waals surface area contributed by atoms with E-state index in [-0.39, 0.29) is 0 Å². The molecule has 3 N–H and O–H groups in total. The van der Waals surface area contributed by atoms with Crippen molar-refractivity contribution in [2.24, 2.45) is 12.8 Å². The number of carboxylic acids is 1. The van der Waals surface area contributed by atoms with E-state index in [0.29, 0.717) is 6.54 Å². The number of nitrogens with two attached hydrogens (primary N) is 1. The van der Waals surface area contributed by atoms with Gasteiger partial charge in [-0.1, -0.05) is 0 Å². The molecule has 0 saturated heterocycles. The summed E-state index contributed by atoms with van der Waals surface area (Å²) in [7, 11) is 1.89. The van der Waals surface area contributed by atoms with E-state index in [2.05, 4.69) is 10.1 Å². The summed E-state index contributed by atoms with van der Waals surface area (Å²) in [5.41, 5.74) is 6.40. The van der Waals surface area contributed by atoms with Crippen LogP contribution in [0.2, 0.25) is 0 Å². The van der Waals surface area contributed by atoms with Crippen molar-refractivity contribution in [1.82, 2.24) is 14.8 Å². The van der Waals surface area contributed by atoms with Crippen LogP contribution in [-0.4, -0.2) is 32.0 Å². The second kappa shape index (κ2) is 6.48. The summed E-state index contributed by atoms with van der Waals surface area (Å²) in [6.45, 7) is 0.546. The van der Waals surface area contributed by atoms with Gasteiger partial charge in [0.05, 0.1) is 0 Å². The maximum absolute atomic E-state index is 10.6. The highest BCUT2D eigenvalue weighted by Gasteiger charge is 2.38. The van der Waals surface area contributed by atoms with Gasteiger partial charge in [-0.25, -0.2) is 9.78 Å². The number of rotatable bonds is 2. The minimum absolute atomic E-state index is 0.546. The quantitative estimate of drug-likeness (QED) is 0.879. The standard InChI is InChI=1S/C8H10N4S.C2HF3O2/c1-12-3-2-7(11-12)8-10-5-6(4-9)13-8;3-2(4,5)1(6)7/h2-3,5H,4,9H2,1H3;(H,6,7). The second-order valence-electron chi connectivity index (χ2n) is 3.51. The number of carboxylic acid groups (broad SMARTS) is 1. The normalized spacial score (nSPS) is 10.8. The Balaban J connectivity index is 0.000000246. The molecule has 2 rings (SSSR count). The van der Waals surface area contributed by atoms with Crippen molar-refractivity contribution in [3.05, 3.63) is 23.3 Å². The van der Waals surface area contributed by atoms with Crippen LogP contribution in [0.4, 0.5) is 13.2 Å². The number of carbonyl (C=O) groups is 1. The number of alkyl halides is 3. The summed E-state index contributed by atoms with van der Waals surface area (Å²) < 4.78 is 33.5. The fourth-order valence-electron chi connectivity index (χ4n) is 1.05. The zero-order chi connectivity index (χ0) is 15.3. The lowest BCUT2D eigenvalue weighted by Gasteiger charge is -1.93. The van der Waals surface area contributed by atoms with Gasteiger partial charge >= 0.3 is 12.1 Å². The van der Waals surface area contributed by atoms with E-state index in [0.717, 1.165) is 15.6 Å². The molecular formula is C10H11F3N4O2S. The van der Waals surface area contributed by atoms with E-state index in [1.807, 2.05) is 19.3 Å². The second-order valence-corrected chi connectivity index (χ2v) is 4.63. The molecule has 0 radical (unpaired) electrons. The molecule has 0 aliphatic carbocycles. The SMILES string of the molecule is Cn1ccc(-c2ncc(CN)s2)n1.O=C(O)C(F)(F)F. The molecular weight excluding hydrogens is 297 g/mol. The molecule has 0 aromatic carbocycles. The van der Waals surface area contributed by atoms with E-state index >= 15 is 0 Å². The summed E-state index contributed by atoms with van der Waals surface area (Å²) in [5.74, 6) is -2.76. The monoisotopic (exact) mass is 308 g/mol. The number of thiazole rings is 1. The first kappa shape index (κ1) is 16.1. The van der Waals surface area contributed by atoms with Crippen LogP contribution in [0.5, 0.6) is 0 Å². The molecule has 110 valence electrons. The first-order valence-corrected chi connectivity index (χ1v) is 6.00. The fraction of sp³-hybridized carbons (Fsp3) is 0.300. The molecule has 20 heavy (non-hydrogen) atoms. The Morgan fingerprint density at radius 3 is 2.50 bits per heavy atom. The van der Waals surface area contributed by atoms with Crippen molar-refractivity contribution in [2.75, 3.05) is 0 Å². The van der Waals surface area contributed by atoms with Gasteiger partial charge in [0, 0.05) is 30.9 Å². The summed E-state index contributed by atoms with van der Waals surface area (Å²) >= 11 is 1.59. The molecule has 0 atom stereocenters. The Kier molecular flexibility index (Phi) is 5.22. The molecule has 0 saturated carbocycles. The smallest absolute Gasteiger partial charge is 0.475 e. The zero-order valence-electron chi connectivity index (χ0n) is 10.3. The van der Waals surface area contributed by atoms with Crippen LogP contribution >= 0.6 is 11.3 Å². The molecule has 0 aliphatic rings. The number of hydrogen-bond donors (Lipinski definition) is 2. The molecule has 0 fully saturated rings. The van der Waals surface area contributed by atoms with Crippen LogP contribution in [0.25, 0.3) is 10.7 Å². The van der Waals surface area contributed by atoms with Crippen molar-refractivity contribution in [1.29, 1.82) is 0 Å². The van der Waals surface area contributed by atoms with Gasteiger partial charge in [-0.05, 0) is 6.07 Å². The van der Waals surface area contributed by atoms with Gasteiger partial charge in [-0.3, -0.25) is 4.68 Å². The maximum Gasteiger partial charge on any atom is 0.490 e. The maximum atomic E-state index is 10.6. The van der Waals surface area contributed by atoms with Crippen LogP contribution in [0.3, 0.4) is 0 Å². The Bertz CT molecular complexity index is 579. The van der Waals surface area contributed by atoms with Crippen LogP contribution in [-0.2, 0) is 18.4 Å². The Morgan fingerprint density at radius 2 is 2.15 bits per heavy atom. The lowest BCUT2D eigenvalue weighted by atomic mass is 10.5. The van der Waals surface area contributed by atoms with Gasteiger partial charge in [-0.2, -0.15) is 18.3 Å². The molecule has 0 spiro atoms. The van der Waals surface area contributed by atoms with E-state index < -0.39 is 12.1 Å². The van der Waals surface area contributed by atoms with E-state index in [4.69, 9.17) is 15.6 Å². The van der Waals surface area contributed by atoms with Gasteiger partial charge in [0.15, 0.2) is 0 Å². The van der Waals surface area contributed by atoms with Gasteiger partial charge in [-0.15, -0.1) is 11.3 Å². The van der Waals surface area contributed by atoms with E-state index in [1.165, 1.54) is 0 Å². The molecule has 0 amide bonds. The predicted octanol–water partition coefficient (Wildman–Crippen LogP) is 1.64. The highest BCUT2D eigenvalue weighted by Crippen LogP contribution is 2.22. The van der Waals surface area contributed by atoms with Crippen molar-refractivity contribution >= 4 is 17.3 Å². The summed E-state index contributed by atoms with van der Waals surface area (Å²) in [5, 5.41) is 12.3. The first-order valence-electron chi connectivity index (χ1n) is 5.19. The molecule has 10 heteroatoms. The fourth-order valence-corrected chi connectivity index (χ4v) is 1.81. The van der Waals surface area contributed by atoms with Gasteiger partial charge in [0.2, 0.25) is 0 Å². The van der Waals surface area contributed by atoms with E-state index in [1.54, 1.807) is 22.2 Å². The van der Waals surface area contributed by atoms with Crippen molar-refractivity contribution in [2.45, 2.75) is 12.7 Å². The van der Waals surface area contributed by atoms with Gasteiger partial charge in [0.1, 0.15) is 10.7 Å². The Morgan fingerprint density at radius 1 is 1.55 bits per heavy atom. The highest BCUT2D eigenvalue weighted by atomic mass is 32.1. The predicted molar refractivity (Wildman–Crippen MR) is 65.9 cm³/mol. The average Bonchev–Trinajstić information content (AvgIpc) is 2.96. The largest absolute Gasteiger partial charge is 0.490 e. The summed E-state index contributed by atoms with van der Waals surface area (Å²) in [6, 6.07) is 1.94. The molecule has 2 aromatic heterocycles.